The van der Waals surface area contributed by atoms with Gasteiger partial charge < -0.3 is 5.11 Å². The van der Waals surface area contributed by atoms with Gasteiger partial charge in [0.05, 0.1) is 5.56 Å². The van der Waals surface area contributed by atoms with Crippen molar-refractivity contribution in [1.82, 2.24) is 0 Å². The van der Waals surface area contributed by atoms with E-state index in [-0.39, 0.29) is 10.8 Å². The summed E-state index contributed by atoms with van der Waals surface area (Å²) < 4.78 is 0. The van der Waals surface area contributed by atoms with Crippen molar-refractivity contribution in [3.63, 3.8) is 0 Å². The summed E-state index contributed by atoms with van der Waals surface area (Å²) in [4.78, 5) is 12.1. The maximum atomic E-state index is 11.1. The van der Waals surface area contributed by atoms with Crippen molar-refractivity contribution in [3.8, 4) is 0 Å². The molecule has 1 aromatic carbocycles. The molecule has 0 aliphatic heterocycles. The van der Waals surface area contributed by atoms with Crippen molar-refractivity contribution in [3.05, 3.63) is 56.8 Å². The van der Waals surface area contributed by atoms with Crippen LogP contribution in [0.25, 0.3) is 11.6 Å². The molecule has 0 unspecified atom stereocenters. The smallest absolute Gasteiger partial charge is 0.336 e. The molecule has 2 aromatic rings. The Bertz CT molecular complexity index is 853. The Hall–Kier alpha value is -1.87. The van der Waals surface area contributed by atoms with Crippen molar-refractivity contribution in [1.29, 1.82) is 0 Å². The van der Waals surface area contributed by atoms with E-state index in [2.05, 4.69) is 52.0 Å². The number of carboxylic acids is 1. The Labute approximate surface area is 154 Å². The van der Waals surface area contributed by atoms with Gasteiger partial charge >= 0.3 is 5.97 Å². The molecule has 1 N–H and O–H groups in total. The van der Waals surface area contributed by atoms with Crippen LogP contribution in [0.1, 0.15) is 79.4 Å². The Kier molecular flexibility index (Phi) is 4.40. The molecule has 1 aliphatic carbocycles. The Balaban J connectivity index is 2.00. The van der Waals surface area contributed by atoms with Crippen LogP contribution in [0.2, 0.25) is 0 Å². The molecule has 2 nitrogen and oxygen atoms in total. The van der Waals surface area contributed by atoms with Gasteiger partial charge in [-0.15, -0.1) is 11.3 Å². The van der Waals surface area contributed by atoms with Crippen LogP contribution in [0.5, 0.6) is 0 Å². The third-order valence-electron chi connectivity index (χ3n) is 5.50. The molecule has 1 heterocycles. The van der Waals surface area contributed by atoms with Gasteiger partial charge in [-0.2, -0.15) is 0 Å². The zero-order valence-electron chi connectivity index (χ0n) is 15.6. The van der Waals surface area contributed by atoms with E-state index < -0.39 is 5.97 Å². The number of hydrogen-bond donors (Lipinski definition) is 1. The molecule has 0 amide bonds. The fraction of sp³-hybridized carbons (Fsp3) is 0.409. The number of fused-ring (bicyclic) bond motifs is 1. The number of benzene rings is 1. The summed E-state index contributed by atoms with van der Waals surface area (Å²) in [5.74, 6) is -0.868. The van der Waals surface area contributed by atoms with Gasteiger partial charge in [-0.3, -0.25) is 0 Å². The number of rotatable bonds is 3. The van der Waals surface area contributed by atoms with Crippen molar-refractivity contribution in [2.75, 3.05) is 0 Å². The lowest BCUT2D eigenvalue weighted by molar-refractivity contribution is 0.0697. The molecule has 1 aliphatic rings. The largest absolute Gasteiger partial charge is 0.478 e. The summed E-state index contributed by atoms with van der Waals surface area (Å²) in [5, 5.41) is 10.8. The van der Waals surface area contributed by atoms with E-state index in [1.807, 2.05) is 6.92 Å². The second kappa shape index (κ2) is 6.14. The van der Waals surface area contributed by atoms with Crippen LogP contribution in [0.4, 0.5) is 0 Å². The molecule has 0 radical (unpaired) electrons. The summed E-state index contributed by atoms with van der Waals surface area (Å²) >= 11 is 1.48. The SMILES string of the molecule is C/C(=C\c1ccc2c(c1)C(C)(C)CCC2(C)C)c1cc(C(=O)O)cs1. The molecular weight excluding hydrogens is 328 g/mol. The van der Waals surface area contributed by atoms with Crippen LogP contribution in [-0.2, 0) is 10.8 Å². The minimum Gasteiger partial charge on any atom is -0.478 e. The Morgan fingerprint density at radius 2 is 1.72 bits per heavy atom. The first-order chi connectivity index (χ1) is 11.6. The monoisotopic (exact) mass is 354 g/mol. The molecule has 0 fully saturated rings. The Morgan fingerprint density at radius 1 is 1.08 bits per heavy atom. The first kappa shape index (κ1) is 17.9. The zero-order chi connectivity index (χ0) is 18.4. The fourth-order valence-corrected chi connectivity index (χ4v) is 4.53. The summed E-state index contributed by atoms with van der Waals surface area (Å²) in [6, 6.07) is 8.55. The van der Waals surface area contributed by atoms with Crippen LogP contribution in [0.15, 0.2) is 29.6 Å². The second-order valence-corrected chi connectivity index (χ2v) is 9.32. The third kappa shape index (κ3) is 3.43. The molecule has 0 spiro atoms. The average Bonchev–Trinajstić information content (AvgIpc) is 3.02. The fourth-order valence-electron chi connectivity index (χ4n) is 3.67. The summed E-state index contributed by atoms with van der Waals surface area (Å²) in [6.45, 7) is 11.4. The maximum absolute atomic E-state index is 11.1. The lowest BCUT2D eigenvalue weighted by Gasteiger charge is -2.42. The van der Waals surface area contributed by atoms with E-state index in [0.29, 0.717) is 5.56 Å². The number of thiophene rings is 1. The predicted octanol–water partition coefficient (Wildman–Crippen LogP) is 6.36. The van der Waals surface area contributed by atoms with Gasteiger partial charge in [0, 0.05) is 10.3 Å². The van der Waals surface area contributed by atoms with E-state index in [1.54, 1.807) is 11.4 Å². The molecule has 1 aromatic heterocycles. The second-order valence-electron chi connectivity index (χ2n) is 8.40. The normalized spacial score (nSPS) is 18.7. The van der Waals surface area contributed by atoms with Crippen molar-refractivity contribution in [2.24, 2.45) is 0 Å². The topological polar surface area (TPSA) is 37.3 Å². The van der Waals surface area contributed by atoms with Crippen LogP contribution >= 0.6 is 11.3 Å². The van der Waals surface area contributed by atoms with E-state index in [4.69, 9.17) is 5.11 Å². The minimum absolute atomic E-state index is 0.196. The van der Waals surface area contributed by atoms with Gasteiger partial charge in [0.1, 0.15) is 0 Å². The van der Waals surface area contributed by atoms with Crippen molar-refractivity contribution in [2.45, 2.75) is 58.3 Å². The quantitative estimate of drug-likeness (QED) is 0.696. The van der Waals surface area contributed by atoms with Gasteiger partial charge in [0.25, 0.3) is 0 Å². The molecule has 3 heteroatoms. The predicted molar refractivity (Wildman–Crippen MR) is 107 cm³/mol. The van der Waals surface area contributed by atoms with Gasteiger partial charge in [-0.1, -0.05) is 52.0 Å². The number of carboxylic acid groups (broad SMARTS) is 1. The number of carbonyl (C=O) groups is 1. The molecule has 0 saturated heterocycles. The summed E-state index contributed by atoms with van der Waals surface area (Å²) in [7, 11) is 0. The van der Waals surface area contributed by atoms with Gasteiger partial charge in [-0.25, -0.2) is 4.79 Å². The lowest BCUT2D eigenvalue weighted by atomic mass is 9.63. The molecule has 25 heavy (non-hydrogen) atoms. The third-order valence-corrected chi connectivity index (χ3v) is 6.56. The minimum atomic E-state index is -0.868. The average molecular weight is 355 g/mol. The standard InChI is InChI=1S/C22H26O2S/c1-14(19-12-16(13-25-19)20(23)24)10-15-6-7-17-18(11-15)22(4,5)9-8-21(17,2)3/h6-7,10-13H,8-9H2,1-5H3,(H,23,24)/b14-10+. The molecule has 132 valence electrons. The van der Waals surface area contributed by atoms with Crippen LogP contribution in [0.3, 0.4) is 0 Å². The van der Waals surface area contributed by atoms with E-state index in [1.165, 1.54) is 40.9 Å². The number of hydrogen-bond acceptors (Lipinski definition) is 2. The van der Waals surface area contributed by atoms with E-state index in [9.17, 15) is 4.79 Å². The molecule has 0 bridgehead atoms. The molecule has 0 saturated carbocycles. The van der Waals surface area contributed by atoms with E-state index in [0.717, 1.165) is 10.5 Å². The summed E-state index contributed by atoms with van der Waals surface area (Å²) in [6.07, 6.45) is 4.58. The van der Waals surface area contributed by atoms with E-state index >= 15 is 0 Å². The molecule has 3 rings (SSSR count). The van der Waals surface area contributed by atoms with Crippen LogP contribution < -0.4 is 0 Å². The van der Waals surface area contributed by atoms with Crippen molar-refractivity contribution >= 4 is 29.0 Å². The Morgan fingerprint density at radius 3 is 2.32 bits per heavy atom. The molecule has 0 atom stereocenters. The number of allylic oxidation sites excluding steroid dienone is 1. The highest BCUT2D eigenvalue weighted by Gasteiger charge is 2.36. The number of aromatic carboxylic acids is 1. The lowest BCUT2D eigenvalue weighted by Crippen LogP contribution is -2.33. The van der Waals surface area contributed by atoms with Crippen LogP contribution in [0, 0.1) is 0 Å². The summed E-state index contributed by atoms with van der Waals surface area (Å²) in [5.41, 5.74) is 5.98. The highest BCUT2D eigenvalue weighted by atomic mass is 32.1. The first-order valence-electron chi connectivity index (χ1n) is 8.76. The van der Waals surface area contributed by atoms with Gasteiger partial charge in [0.2, 0.25) is 0 Å². The molecular formula is C22H26O2S. The van der Waals surface area contributed by atoms with Gasteiger partial charge in [0.15, 0.2) is 0 Å². The van der Waals surface area contributed by atoms with Crippen molar-refractivity contribution < 1.29 is 9.90 Å². The highest BCUT2D eigenvalue weighted by molar-refractivity contribution is 7.11. The first-order valence-corrected chi connectivity index (χ1v) is 9.64. The highest BCUT2D eigenvalue weighted by Crippen LogP contribution is 2.46. The van der Waals surface area contributed by atoms with Gasteiger partial charge in [-0.05, 0) is 58.9 Å². The maximum Gasteiger partial charge on any atom is 0.336 e. The van der Waals surface area contributed by atoms with Crippen LogP contribution in [-0.4, -0.2) is 11.1 Å². The zero-order valence-corrected chi connectivity index (χ0v) is 16.5.